The molecule has 1 aliphatic heterocycles. The molecule has 1 aromatic heterocycles. The summed E-state index contributed by atoms with van der Waals surface area (Å²) in [6.07, 6.45) is 1.18. The van der Waals surface area contributed by atoms with Gasteiger partial charge in [-0.25, -0.2) is 0 Å². The van der Waals surface area contributed by atoms with Crippen molar-refractivity contribution in [2.45, 2.75) is 25.5 Å². The standard InChI is InChI=1S/C12H13N3O2/c16-9-3-1-8(2-4-9)12-14-13-11-6-5-10(17)7-15(11)12/h1-4,10,16-17H,5-7H2. The van der Waals surface area contributed by atoms with Crippen LogP contribution < -0.4 is 0 Å². The lowest BCUT2D eigenvalue weighted by molar-refractivity contribution is 0.131. The molecule has 0 amide bonds. The molecule has 0 bridgehead atoms. The second-order valence-corrected chi connectivity index (χ2v) is 4.29. The van der Waals surface area contributed by atoms with Crippen molar-refractivity contribution in [2.24, 2.45) is 0 Å². The smallest absolute Gasteiger partial charge is 0.164 e. The molecule has 5 nitrogen and oxygen atoms in total. The quantitative estimate of drug-likeness (QED) is 0.766. The lowest BCUT2D eigenvalue weighted by Crippen LogP contribution is -2.24. The highest BCUT2D eigenvalue weighted by Crippen LogP contribution is 2.24. The largest absolute Gasteiger partial charge is 0.508 e. The van der Waals surface area contributed by atoms with Gasteiger partial charge in [-0.15, -0.1) is 10.2 Å². The molecule has 1 unspecified atom stereocenters. The predicted molar refractivity (Wildman–Crippen MR) is 61.5 cm³/mol. The second kappa shape index (κ2) is 3.85. The summed E-state index contributed by atoms with van der Waals surface area (Å²) >= 11 is 0. The van der Waals surface area contributed by atoms with Crippen LogP contribution in [0.3, 0.4) is 0 Å². The third kappa shape index (κ3) is 1.78. The van der Waals surface area contributed by atoms with Crippen molar-refractivity contribution < 1.29 is 10.2 Å². The number of fused-ring (bicyclic) bond motifs is 1. The maximum Gasteiger partial charge on any atom is 0.164 e. The van der Waals surface area contributed by atoms with Crippen LogP contribution in [0.1, 0.15) is 12.2 Å². The summed E-state index contributed by atoms with van der Waals surface area (Å²) in [5.74, 6) is 1.89. The van der Waals surface area contributed by atoms with Crippen LogP contribution in [0, 0.1) is 0 Å². The summed E-state index contributed by atoms with van der Waals surface area (Å²) in [4.78, 5) is 0. The molecule has 1 aromatic carbocycles. The number of benzene rings is 1. The van der Waals surface area contributed by atoms with Crippen molar-refractivity contribution >= 4 is 0 Å². The highest BCUT2D eigenvalue weighted by molar-refractivity contribution is 5.56. The highest BCUT2D eigenvalue weighted by Gasteiger charge is 2.21. The molecule has 88 valence electrons. The summed E-state index contributed by atoms with van der Waals surface area (Å²) in [7, 11) is 0. The zero-order chi connectivity index (χ0) is 11.8. The minimum atomic E-state index is -0.325. The molecular weight excluding hydrogens is 218 g/mol. The van der Waals surface area contributed by atoms with Crippen LogP contribution in [0.25, 0.3) is 11.4 Å². The van der Waals surface area contributed by atoms with Crippen LogP contribution >= 0.6 is 0 Å². The number of aliphatic hydroxyl groups is 1. The minimum Gasteiger partial charge on any atom is -0.508 e. The second-order valence-electron chi connectivity index (χ2n) is 4.29. The number of aryl methyl sites for hydroxylation is 1. The van der Waals surface area contributed by atoms with Crippen molar-refractivity contribution in [3.63, 3.8) is 0 Å². The molecular formula is C12H13N3O2. The van der Waals surface area contributed by atoms with Crippen LogP contribution in [0.4, 0.5) is 0 Å². The Hall–Kier alpha value is -1.88. The fourth-order valence-electron chi connectivity index (χ4n) is 2.13. The van der Waals surface area contributed by atoms with E-state index in [1.807, 2.05) is 4.57 Å². The zero-order valence-corrected chi connectivity index (χ0v) is 9.24. The highest BCUT2D eigenvalue weighted by atomic mass is 16.3. The zero-order valence-electron chi connectivity index (χ0n) is 9.24. The van der Waals surface area contributed by atoms with E-state index in [2.05, 4.69) is 10.2 Å². The summed E-state index contributed by atoms with van der Waals surface area (Å²) in [5, 5.41) is 27.2. The molecule has 0 radical (unpaired) electrons. The average Bonchev–Trinajstić information content (AvgIpc) is 2.73. The Labute approximate surface area is 98.4 Å². The Balaban J connectivity index is 2.04. The Kier molecular flexibility index (Phi) is 2.33. The van der Waals surface area contributed by atoms with E-state index in [-0.39, 0.29) is 11.9 Å². The molecule has 2 N–H and O–H groups in total. The summed E-state index contributed by atoms with van der Waals surface area (Å²) in [5.41, 5.74) is 0.899. The van der Waals surface area contributed by atoms with Gasteiger partial charge in [0.25, 0.3) is 0 Å². The maximum absolute atomic E-state index is 9.67. The Morgan fingerprint density at radius 3 is 2.71 bits per heavy atom. The van der Waals surface area contributed by atoms with Crippen LogP contribution in [0.5, 0.6) is 5.75 Å². The Bertz CT molecular complexity index is 533. The van der Waals surface area contributed by atoms with Crippen molar-refractivity contribution in [3.8, 4) is 17.1 Å². The molecule has 3 rings (SSSR count). The first-order valence-electron chi connectivity index (χ1n) is 5.63. The molecule has 0 aliphatic carbocycles. The molecule has 5 heteroatoms. The first kappa shape index (κ1) is 10.3. The van der Waals surface area contributed by atoms with Crippen LogP contribution in [0.2, 0.25) is 0 Å². The number of aromatic nitrogens is 3. The number of phenols is 1. The van der Waals surface area contributed by atoms with Gasteiger partial charge in [0.05, 0.1) is 12.6 Å². The van der Waals surface area contributed by atoms with Gasteiger partial charge in [-0.3, -0.25) is 0 Å². The first-order valence-corrected chi connectivity index (χ1v) is 5.63. The molecule has 0 saturated heterocycles. The number of aromatic hydroxyl groups is 1. The molecule has 17 heavy (non-hydrogen) atoms. The van der Waals surface area contributed by atoms with E-state index in [1.165, 1.54) is 0 Å². The molecule has 1 atom stereocenters. The van der Waals surface area contributed by atoms with Gasteiger partial charge in [-0.2, -0.15) is 0 Å². The lowest BCUT2D eigenvalue weighted by atomic mass is 10.1. The summed E-state index contributed by atoms with van der Waals surface area (Å²) in [6, 6.07) is 6.84. The topological polar surface area (TPSA) is 71.2 Å². The van der Waals surface area contributed by atoms with Gasteiger partial charge in [0.1, 0.15) is 11.6 Å². The van der Waals surface area contributed by atoms with E-state index in [1.54, 1.807) is 24.3 Å². The van der Waals surface area contributed by atoms with E-state index >= 15 is 0 Å². The van der Waals surface area contributed by atoms with E-state index < -0.39 is 0 Å². The van der Waals surface area contributed by atoms with E-state index in [4.69, 9.17) is 0 Å². The third-order valence-corrected chi connectivity index (χ3v) is 3.05. The normalized spacial score (nSPS) is 19.0. The fourth-order valence-corrected chi connectivity index (χ4v) is 2.13. The fraction of sp³-hybridized carbons (Fsp3) is 0.333. The minimum absolute atomic E-state index is 0.229. The number of rotatable bonds is 1. The SMILES string of the molecule is Oc1ccc(-c2nnc3n2CC(O)CC3)cc1. The van der Waals surface area contributed by atoms with E-state index in [0.717, 1.165) is 30.1 Å². The van der Waals surface area contributed by atoms with Gasteiger partial charge in [0.2, 0.25) is 0 Å². The molecule has 2 aromatic rings. The number of aliphatic hydroxyl groups excluding tert-OH is 1. The molecule has 2 heterocycles. The molecule has 1 aliphatic rings. The molecule has 0 spiro atoms. The van der Waals surface area contributed by atoms with Crippen molar-refractivity contribution in [1.82, 2.24) is 14.8 Å². The molecule has 0 saturated carbocycles. The maximum atomic E-state index is 9.67. The van der Waals surface area contributed by atoms with Crippen LogP contribution in [-0.4, -0.2) is 31.1 Å². The van der Waals surface area contributed by atoms with Crippen LogP contribution in [0.15, 0.2) is 24.3 Å². The average molecular weight is 231 g/mol. The van der Waals surface area contributed by atoms with Gasteiger partial charge < -0.3 is 14.8 Å². The lowest BCUT2D eigenvalue weighted by Gasteiger charge is -2.19. The third-order valence-electron chi connectivity index (χ3n) is 3.05. The van der Waals surface area contributed by atoms with Gasteiger partial charge in [0, 0.05) is 12.0 Å². The van der Waals surface area contributed by atoms with Crippen molar-refractivity contribution in [3.05, 3.63) is 30.1 Å². The monoisotopic (exact) mass is 231 g/mol. The number of hydrogen-bond donors (Lipinski definition) is 2. The van der Waals surface area contributed by atoms with Gasteiger partial charge >= 0.3 is 0 Å². The first-order chi connectivity index (χ1) is 8.24. The van der Waals surface area contributed by atoms with Gasteiger partial charge in [-0.1, -0.05) is 0 Å². The van der Waals surface area contributed by atoms with Crippen molar-refractivity contribution in [2.75, 3.05) is 0 Å². The number of phenolic OH excluding ortho intramolecular Hbond substituents is 1. The molecule has 0 fully saturated rings. The number of hydrogen-bond acceptors (Lipinski definition) is 4. The van der Waals surface area contributed by atoms with E-state index in [9.17, 15) is 10.2 Å². The van der Waals surface area contributed by atoms with Gasteiger partial charge in [-0.05, 0) is 30.7 Å². The van der Waals surface area contributed by atoms with Gasteiger partial charge in [0.15, 0.2) is 5.82 Å². The van der Waals surface area contributed by atoms with E-state index in [0.29, 0.717) is 6.54 Å². The Morgan fingerprint density at radius 1 is 1.18 bits per heavy atom. The summed E-state index contributed by atoms with van der Waals surface area (Å²) in [6.45, 7) is 0.540. The Morgan fingerprint density at radius 2 is 1.94 bits per heavy atom. The van der Waals surface area contributed by atoms with Crippen molar-refractivity contribution in [1.29, 1.82) is 0 Å². The number of nitrogens with zero attached hydrogens (tertiary/aromatic N) is 3. The van der Waals surface area contributed by atoms with Crippen LogP contribution in [-0.2, 0) is 13.0 Å². The summed E-state index contributed by atoms with van der Waals surface area (Å²) < 4.78 is 1.94. The predicted octanol–water partition coefficient (Wildman–Crippen LogP) is 0.958.